The van der Waals surface area contributed by atoms with E-state index in [0.29, 0.717) is 19.0 Å². The average Bonchev–Trinajstić information content (AvgIpc) is 2.32. The fourth-order valence-corrected chi connectivity index (χ4v) is 1.78. The Hall–Kier alpha value is -1.80. The van der Waals surface area contributed by atoms with Crippen LogP contribution in [-0.2, 0) is 11.3 Å². The summed E-state index contributed by atoms with van der Waals surface area (Å²) in [5.41, 5.74) is 3.06. The van der Waals surface area contributed by atoms with Crippen molar-refractivity contribution in [3.63, 3.8) is 0 Å². The molecule has 0 amide bonds. The lowest BCUT2D eigenvalue weighted by atomic mass is 10.0. The zero-order valence-electron chi connectivity index (χ0n) is 9.37. The number of rotatable bonds is 2. The molecule has 4 nitrogen and oxygen atoms in total. The smallest absolute Gasteiger partial charge is 0.235 e. The number of aryl methyl sites for hydroxylation is 1. The number of hydrogen-bond donors (Lipinski definition) is 0. The van der Waals surface area contributed by atoms with Gasteiger partial charge in [-0.05, 0) is 31.0 Å². The van der Waals surface area contributed by atoms with Gasteiger partial charge in [0.1, 0.15) is 13.2 Å². The Bertz CT molecular complexity index is 462. The molecule has 1 aromatic rings. The van der Waals surface area contributed by atoms with Gasteiger partial charge in [0.2, 0.25) is 6.08 Å². The van der Waals surface area contributed by atoms with E-state index in [0.717, 1.165) is 22.4 Å². The maximum absolute atomic E-state index is 10.1. The first-order valence-electron chi connectivity index (χ1n) is 5.16. The second kappa shape index (κ2) is 4.37. The van der Waals surface area contributed by atoms with E-state index in [2.05, 4.69) is 4.99 Å². The van der Waals surface area contributed by atoms with E-state index in [1.807, 2.05) is 19.9 Å². The molecule has 0 saturated carbocycles. The Morgan fingerprint density at radius 2 is 2.00 bits per heavy atom. The van der Waals surface area contributed by atoms with E-state index in [1.54, 1.807) is 0 Å². The van der Waals surface area contributed by atoms with Crippen LogP contribution >= 0.6 is 0 Å². The van der Waals surface area contributed by atoms with Gasteiger partial charge in [0.05, 0.1) is 6.54 Å². The molecule has 0 aliphatic carbocycles. The van der Waals surface area contributed by atoms with Crippen molar-refractivity contribution in [1.82, 2.24) is 0 Å². The Labute approximate surface area is 93.9 Å². The minimum absolute atomic E-state index is 0.288. The zero-order chi connectivity index (χ0) is 11.5. The van der Waals surface area contributed by atoms with Crippen LogP contribution in [0.5, 0.6) is 11.5 Å². The quantitative estimate of drug-likeness (QED) is 0.564. The van der Waals surface area contributed by atoms with Crippen molar-refractivity contribution < 1.29 is 14.3 Å². The number of hydrogen-bond acceptors (Lipinski definition) is 4. The largest absolute Gasteiger partial charge is 0.486 e. The van der Waals surface area contributed by atoms with Gasteiger partial charge < -0.3 is 9.47 Å². The molecule has 0 saturated heterocycles. The molecule has 0 spiro atoms. The molecule has 1 aliphatic rings. The first kappa shape index (κ1) is 10.7. The number of isocyanates is 1. The Morgan fingerprint density at radius 1 is 1.31 bits per heavy atom. The van der Waals surface area contributed by atoms with Crippen LogP contribution in [0.25, 0.3) is 0 Å². The summed E-state index contributed by atoms with van der Waals surface area (Å²) < 4.78 is 11.2. The predicted octanol–water partition coefficient (Wildman–Crippen LogP) is 1.91. The van der Waals surface area contributed by atoms with Crippen LogP contribution in [0, 0.1) is 13.8 Å². The van der Waals surface area contributed by atoms with E-state index in [4.69, 9.17) is 9.47 Å². The summed E-state index contributed by atoms with van der Waals surface area (Å²) in [7, 11) is 0. The molecule has 0 atom stereocenters. The average molecular weight is 219 g/mol. The molecule has 0 bridgehead atoms. The fourth-order valence-electron chi connectivity index (χ4n) is 1.78. The van der Waals surface area contributed by atoms with E-state index < -0.39 is 0 Å². The maximum atomic E-state index is 10.1. The number of ether oxygens (including phenoxy) is 2. The Morgan fingerprint density at radius 3 is 2.69 bits per heavy atom. The Kier molecular flexibility index (Phi) is 2.93. The second-order valence-electron chi connectivity index (χ2n) is 3.74. The maximum Gasteiger partial charge on any atom is 0.235 e. The van der Waals surface area contributed by atoms with Crippen molar-refractivity contribution in [2.24, 2.45) is 4.99 Å². The molecular weight excluding hydrogens is 206 g/mol. The number of benzene rings is 1. The molecule has 0 radical (unpaired) electrons. The molecule has 1 aliphatic heterocycles. The molecule has 16 heavy (non-hydrogen) atoms. The third-order valence-corrected chi connectivity index (χ3v) is 2.71. The molecular formula is C12H13NO3. The molecule has 2 rings (SSSR count). The van der Waals surface area contributed by atoms with E-state index in [-0.39, 0.29) is 6.54 Å². The Balaban J connectivity index is 2.52. The summed E-state index contributed by atoms with van der Waals surface area (Å²) in [6.45, 7) is 5.38. The van der Waals surface area contributed by atoms with Gasteiger partial charge in [0, 0.05) is 5.56 Å². The third-order valence-electron chi connectivity index (χ3n) is 2.71. The van der Waals surface area contributed by atoms with Gasteiger partial charge in [-0.2, -0.15) is 0 Å². The normalized spacial score (nSPS) is 13.1. The topological polar surface area (TPSA) is 47.9 Å². The lowest BCUT2D eigenvalue weighted by molar-refractivity contribution is 0.168. The van der Waals surface area contributed by atoms with E-state index >= 15 is 0 Å². The van der Waals surface area contributed by atoms with Crippen molar-refractivity contribution in [3.8, 4) is 11.5 Å². The van der Waals surface area contributed by atoms with Gasteiger partial charge in [-0.1, -0.05) is 0 Å². The number of fused-ring (bicyclic) bond motifs is 1. The molecule has 1 heterocycles. The van der Waals surface area contributed by atoms with Crippen molar-refractivity contribution in [2.75, 3.05) is 13.2 Å². The summed E-state index contributed by atoms with van der Waals surface area (Å²) in [5, 5.41) is 0. The van der Waals surface area contributed by atoms with Crippen LogP contribution in [0.1, 0.15) is 16.7 Å². The van der Waals surface area contributed by atoms with Gasteiger partial charge >= 0.3 is 0 Å². The van der Waals surface area contributed by atoms with Gasteiger partial charge in [0.25, 0.3) is 0 Å². The summed E-state index contributed by atoms with van der Waals surface area (Å²) in [5.74, 6) is 1.50. The summed E-state index contributed by atoms with van der Waals surface area (Å²) in [4.78, 5) is 13.7. The lowest BCUT2D eigenvalue weighted by Crippen LogP contribution is -2.17. The number of aliphatic imine (C=N–C) groups is 1. The van der Waals surface area contributed by atoms with Crippen LogP contribution in [0.4, 0.5) is 0 Å². The predicted molar refractivity (Wildman–Crippen MR) is 58.7 cm³/mol. The molecule has 1 aromatic carbocycles. The molecule has 0 unspecified atom stereocenters. The first-order valence-corrected chi connectivity index (χ1v) is 5.16. The lowest BCUT2D eigenvalue weighted by Gasteiger charge is -2.23. The summed E-state index contributed by atoms with van der Waals surface area (Å²) in [6, 6.07) is 1.98. The highest BCUT2D eigenvalue weighted by atomic mass is 16.6. The van der Waals surface area contributed by atoms with Crippen molar-refractivity contribution >= 4 is 6.08 Å². The highest BCUT2D eigenvalue weighted by Crippen LogP contribution is 2.39. The fraction of sp³-hybridized carbons (Fsp3) is 0.417. The van der Waals surface area contributed by atoms with Crippen molar-refractivity contribution in [1.29, 1.82) is 0 Å². The minimum Gasteiger partial charge on any atom is -0.486 e. The van der Waals surface area contributed by atoms with Crippen molar-refractivity contribution in [2.45, 2.75) is 20.4 Å². The standard InChI is InChI=1S/C12H13NO3/c1-8-5-10(6-13-7-14)12-11(9(8)2)15-3-4-16-12/h5H,3-4,6H2,1-2H3. The summed E-state index contributed by atoms with van der Waals surface area (Å²) in [6.07, 6.45) is 1.54. The monoisotopic (exact) mass is 219 g/mol. The van der Waals surface area contributed by atoms with Crippen LogP contribution in [0.3, 0.4) is 0 Å². The van der Waals surface area contributed by atoms with Gasteiger partial charge in [0.15, 0.2) is 11.5 Å². The molecule has 4 heteroatoms. The number of carbonyl (C=O) groups excluding carboxylic acids is 1. The van der Waals surface area contributed by atoms with Gasteiger partial charge in [-0.25, -0.2) is 9.79 Å². The SMILES string of the molecule is Cc1cc(CN=C=O)c2c(c1C)OCCO2. The molecule has 0 fully saturated rings. The van der Waals surface area contributed by atoms with Crippen LogP contribution in [0.15, 0.2) is 11.1 Å². The van der Waals surface area contributed by atoms with Crippen LogP contribution < -0.4 is 9.47 Å². The third kappa shape index (κ3) is 1.79. The van der Waals surface area contributed by atoms with Gasteiger partial charge in [-0.3, -0.25) is 0 Å². The first-order chi connectivity index (χ1) is 7.74. The van der Waals surface area contributed by atoms with Crippen molar-refractivity contribution in [3.05, 3.63) is 22.8 Å². The van der Waals surface area contributed by atoms with Gasteiger partial charge in [-0.15, -0.1) is 0 Å². The van der Waals surface area contributed by atoms with E-state index in [1.165, 1.54) is 6.08 Å². The van der Waals surface area contributed by atoms with Crippen LogP contribution in [0.2, 0.25) is 0 Å². The summed E-state index contributed by atoms with van der Waals surface area (Å²) >= 11 is 0. The molecule has 0 N–H and O–H groups in total. The highest BCUT2D eigenvalue weighted by molar-refractivity contribution is 5.55. The minimum atomic E-state index is 0.288. The van der Waals surface area contributed by atoms with E-state index in [9.17, 15) is 4.79 Å². The zero-order valence-corrected chi connectivity index (χ0v) is 9.37. The molecule has 84 valence electrons. The number of nitrogens with zero attached hydrogens (tertiary/aromatic N) is 1. The molecule has 0 aromatic heterocycles. The highest BCUT2D eigenvalue weighted by Gasteiger charge is 2.19. The van der Waals surface area contributed by atoms with Crippen LogP contribution in [-0.4, -0.2) is 19.3 Å². The second-order valence-corrected chi connectivity index (χ2v) is 3.74.